The quantitative estimate of drug-likeness (QED) is 0.903. The summed E-state index contributed by atoms with van der Waals surface area (Å²) in [5.74, 6) is 0.507. The van der Waals surface area contributed by atoms with Crippen LogP contribution in [-0.4, -0.2) is 12.2 Å². The first kappa shape index (κ1) is 14.0. The highest BCUT2D eigenvalue weighted by molar-refractivity contribution is 6.30. The lowest BCUT2D eigenvalue weighted by atomic mass is 10.1. The van der Waals surface area contributed by atoms with E-state index in [1.54, 1.807) is 36.4 Å². The molecule has 0 bridgehead atoms. The number of rotatable bonds is 4. The van der Waals surface area contributed by atoms with Gasteiger partial charge in [0.1, 0.15) is 6.07 Å². The summed E-state index contributed by atoms with van der Waals surface area (Å²) in [5.41, 5.74) is 2.12. The van der Waals surface area contributed by atoms with Crippen LogP contribution in [0.2, 0.25) is 5.02 Å². The van der Waals surface area contributed by atoms with E-state index in [0.717, 1.165) is 5.56 Å². The number of phenolic OH excluding ortho intramolecular Hbond substituents is 1. The second-order valence-corrected chi connectivity index (χ2v) is 4.60. The minimum absolute atomic E-state index is 0.0942. The van der Waals surface area contributed by atoms with Crippen LogP contribution in [0.1, 0.15) is 11.1 Å². The van der Waals surface area contributed by atoms with Crippen molar-refractivity contribution in [2.24, 2.45) is 0 Å². The lowest BCUT2D eigenvalue weighted by molar-refractivity contribution is 0.373. The van der Waals surface area contributed by atoms with Crippen LogP contribution in [-0.2, 0) is 6.54 Å². The molecular formula is C15H13ClN2O2. The molecule has 0 aliphatic carbocycles. The summed E-state index contributed by atoms with van der Waals surface area (Å²) in [6.45, 7) is 0.492. The van der Waals surface area contributed by atoms with Gasteiger partial charge in [-0.2, -0.15) is 5.26 Å². The molecule has 0 aliphatic rings. The second kappa shape index (κ2) is 6.18. The number of methoxy groups -OCH3 is 1. The van der Waals surface area contributed by atoms with E-state index < -0.39 is 0 Å². The fraction of sp³-hybridized carbons (Fsp3) is 0.133. The van der Waals surface area contributed by atoms with Gasteiger partial charge in [-0.1, -0.05) is 17.7 Å². The maximum absolute atomic E-state index is 9.53. The first-order valence-corrected chi connectivity index (χ1v) is 6.31. The monoisotopic (exact) mass is 288 g/mol. The van der Waals surface area contributed by atoms with Gasteiger partial charge in [0.05, 0.1) is 18.4 Å². The summed E-state index contributed by atoms with van der Waals surface area (Å²) in [5, 5.41) is 22.3. The van der Waals surface area contributed by atoms with Crippen molar-refractivity contribution < 1.29 is 9.84 Å². The van der Waals surface area contributed by atoms with Crippen LogP contribution in [0.15, 0.2) is 36.4 Å². The zero-order valence-electron chi connectivity index (χ0n) is 10.9. The number of halogens is 1. The summed E-state index contributed by atoms with van der Waals surface area (Å²) in [4.78, 5) is 0. The minimum atomic E-state index is 0.0942. The molecule has 0 saturated heterocycles. The predicted octanol–water partition coefficient (Wildman–Crippen LogP) is 3.54. The molecule has 0 aliphatic heterocycles. The number of nitrogens with zero attached hydrogens (tertiary/aromatic N) is 1. The highest BCUT2D eigenvalue weighted by Crippen LogP contribution is 2.27. The standard InChI is InChI=1S/C15H13ClN2O2/c1-20-15-6-10(2-5-14(15)19)9-18-13-7-12(16)4-3-11(13)8-17/h2-7,18-19H,9H2,1H3. The number of nitrogens with one attached hydrogen (secondary N) is 1. The van der Waals surface area contributed by atoms with Crippen molar-refractivity contribution in [1.29, 1.82) is 5.26 Å². The largest absolute Gasteiger partial charge is 0.504 e. The Bertz CT molecular complexity index is 665. The molecular weight excluding hydrogens is 276 g/mol. The molecule has 4 nitrogen and oxygen atoms in total. The van der Waals surface area contributed by atoms with Gasteiger partial charge in [0.2, 0.25) is 0 Å². The lowest BCUT2D eigenvalue weighted by Crippen LogP contribution is -2.01. The van der Waals surface area contributed by atoms with Gasteiger partial charge in [-0.3, -0.25) is 0 Å². The molecule has 2 rings (SSSR count). The molecule has 0 heterocycles. The molecule has 2 aromatic rings. The second-order valence-electron chi connectivity index (χ2n) is 4.16. The van der Waals surface area contributed by atoms with Crippen molar-refractivity contribution in [3.63, 3.8) is 0 Å². The van der Waals surface area contributed by atoms with Crippen LogP contribution < -0.4 is 10.1 Å². The van der Waals surface area contributed by atoms with Crippen LogP contribution in [0.25, 0.3) is 0 Å². The summed E-state index contributed by atoms with van der Waals surface area (Å²) < 4.78 is 5.05. The summed E-state index contributed by atoms with van der Waals surface area (Å²) in [7, 11) is 1.50. The number of hydrogen-bond donors (Lipinski definition) is 2. The van der Waals surface area contributed by atoms with Crippen molar-refractivity contribution >= 4 is 17.3 Å². The summed E-state index contributed by atoms with van der Waals surface area (Å²) in [6.07, 6.45) is 0. The van der Waals surface area contributed by atoms with Crippen LogP contribution in [0.5, 0.6) is 11.5 Å². The maximum atomic E-state index is 9.53. The fourth-order valence-electron chi connectivity index (χ4n) is 1.79. The first-order chi connectivity index (χ1) is 9.63. The summed E-state index contributed by atoms with van der Waals surface area (Å²) >= 11 is 5.92. The number of anilines is 1. The molecule has 2 aromatic carbocycles. The smallest absolute Gasteiger partial charge is 0.160 e. The Morgan fingerprint density at radius 3 is 2.80 bits per heavy atom. The molecule has 102 valence electrons. The van der Waals surface area contributed by atoms with E-state index in [-0.39, 0.29) is 5.75 Å². The van der Waals surface area contributed by atoms with Gasteiger partial charge in [-0.25, -0.2) is 0 Å². The predicted molar refractivity (Wildman–Crippen MR) is 78.2 cm³/mol. The highest BCUT2D eigenvalue weighted by Gasteiger charge is 2.05. The van der Waals surface area contributed by atoms with Crippen LogP contribution >= 0.6 is 11.6 Å². The molecule has 0 aromatic heterocycles. The Hall–Kier alpha value is -2.38. The van der Waals surface area contributed by atoms with Gasteiger partial charge in [0.25, 0.3) is 0 Å². The third-order valence-electron chi connectivity index (χ3n) is 2.83. The topological polar surface area (TPSA) is 65.3 Å². The zero-order chi connectivity index (χ0) is 14.5. The number of nitriles is 1. The van der Waals surface area contributed by atoms with Gasteiger partial charge in [0, 0.05) is 11.6 Å². The van der Waals surface area contributed by atoms with E-state index in [2.05, 4.69) is 11.4 Å². The molecule has 0 atom stereocenters. The van der Waals surface area contributed by atoms with Crippen LogP contribution in [0, 0.1) is 11.3 Å². The molecule has 5 heteroatoms. The van der Waals surface area contributed by atoms with Crippen molar-refractivity contribution in [1.82, 2.24) is 0 Å². The van der Waals surface area contributed by atoms with Gasteiger partial charge in [-0.05, 0) is 35.9 Å². The SMILES string of the molecule is COc1cc(CNc2cc(Cl)ccc2C#N)ccc1O. The van der Waals surface area contributed by atoms with E-state index in [4.69, 9.17) is 21.6 Å². The Morgan fingerprint density at radius 1 is 1.30 bits per heavy atom. The molecule has 0 saturated carbocycles. The Kier molecular flexibility index (Phi) is 4.34. The molecule has 2 N–H and O–H groups in total. The fourth-order valence-corrected chi connectivity index (χ4v) is 1.96. The molecule has 0 amide bonds. The third-order valence-corrected chi connectivity index (χ3v) is 3.06. The first-order valence-electron chi connectivity index (χ1n) is 5.93. The minimum Gasteiger partial charge on any atom is -0.504 e. The van der Waals surface area contributed by atoms with Gasteiger partial charge in [-0.15, -0.1) is 0 Å². The Labute approximate surface area is 122 Å². The number of aromatic hydroxyl groups is 1. The normalized spacial score (nSPS) is 9.85. The average Bonchev–Trinajstić information content (AvgIpc) is 2.46. The van der Waals surface area contributed by atoms with Crippen LogP contribution in [0.3, 0.4) is 0 Å². The molecule has 0 unspecified atom stereocenters. The van der Waals surface area contributed by atoms with Crippen molar-refractivity contribution in [3.05, 3.63) is 52.5 Å². The van der Waals surface area contributed by atoms with Crippen molar-refractivity contribution in [2.75, 3.05) is 12.4 Å². The van der Waals surface area contributed by atoms with Crippen molar-refractivity contribution in [2.45, 2.75) is 6.54 Å². The number of benzene rings is 2. The third kappa shape index (κ3) is 3.14. The Morgan fingerprint density at radius 2 is 2.10 bits per heavy atom. The molecule has 20 heavy (non-hydrogen) atoms. The zero-order valence-corrected chi connectivity index (χ0v) is 11.6. The Balaban J connectivity index is 2.17. The lowest BCUT2D eigenvalue weighted by Gasteiger charge is -2.10. The number of hydrogen-bond acceptors (Lipinski definition) is 4. The summed E-state index contributed by atoms with van der Waals surface area (Å²) in [6, 6.07) is 12.2. The molecule has 0 radical (unpaired) electrons. The van der Waals surface area contributed by atoms with E-state index >= 15 is 0 Å². The molecule has 0 spiro atoms. The van der Waals surface area contributed by atoms with E-state index in [1.807, 2.05) is 0 Å². The highest BCUT2D eigenvalue weighted by atomic mass is 35.5. The average molecular weight is 289 g/mol. The van der Waals surface area contributed by atoms with E-state index in [0.29, 0.717) is 28.6 Å². The maximum Gasteiger partial charge on any atom is 0.160 e. The number of ether oxygens (including phenoxy) is 1. The van der Waals surface area contributed by atoms with Crippen LogP contribution in [0.4, 0.5) is 5.69 Å². The van der Waals surface area contributed by atoms with Gasteiger partial charge >= 0.3 is 0 Å². The van der Waals surface area contributed by atoms with Crippen molar-refractivity contribution in [3.8, 4) is 17.6 Å². The van der Waals surface area contributed by atoms with Gasteiger partial charge < -0.3 is 15.2 Å². The van der Waals surface area contributed by atoms with E-state index in [9.17, 15) is 5.11 Å². The van der Waals surface area contributed by atoms with Gasteiger partial charge in [0.15, 0.2) is 11.5 Å². The molecule has 0 fully saturated rings. The number of phenols is 1. The van der Waals surface area contributed by atoms with E-state index in [1.165, 1.54) is 7.11 Å².